The van der Waals surface area contributed by atoms with Crippen LogP contribution in [0.5, 0.6) is 5.75 Å². The van der Waals surface area contributed by atoms with Gasteiger partial charge in [0, 0.05) is 29.1 Å². The molecule has 0 N–H and O–H groups in total. The Kier molecular flexibility index (Phi) is 6.50. The lowest BCUT2D eigenvalue weighted by Gasteiger charge is -2.10. The van der Waals surface area contributed by atoms with Crippen molar-refractivity contribution in [2.75, 3.05) is 13.7 Å². The van der Waals surface area contributed by atoms with Crippen LogP contribution in [0, 0.1) is 13.8 Å². The Morgan fingerprint density at radius 2 is 1.66 bits per heavy atom. The van der Waals surface area contributed by atoms with Gasteiger partial charge in [0.2, 0.25) is 5.78 Å². The number of esters is 1. The fourth-order valence-corrected chi connectivity index (χ4v) is 3.46. The van der Waals surface area contributed by atoms with Gasteiger partial charge in [-0.2, -0.15) is 0 Å². The van der Waals surface area contributed by atoms with Crippen LogP contribution in [-0.4, -0.2) is 30.0 Å². The molecule has 3 aromatic rings. The van der Waals surface area contributed by atoms with Crippen molar-refractivity contribution in [2.24, 2.45) is 0 Å². The SMILES string of the molecule is COc1ccccc1CCC(=O)OCC(=O)c1cc(C)n(-c2ccccc2)c1C. The summed E-state index contributed by atoms with van der Waals surface area (Å²) < 4.78 is 12.5. The Morgan fingerprint density at radius 1 is 0.966 bits per heavy atom. The van der Waals surface area contributed by atoms with Gasteiger partial charge in [0.15, 0.2) is 6.61 Å². The molecule has 0 unspecified atom stereocenters. The number of Topliss-reactive ketones (excluding diaryl/α,β-unsaturated/α-hetero) is 1. The Morgan fingerprint density at radius 3 is 2.38 bits per heavy atom. The lowest BCUT2D eigenvalue weighted by Crippen LogP contribution is -2.15. The number of para-hydroxylation sites is 2. The normalized spacial score (nSPS) is 10.6. The lowest BCUT2D eigenvalue weighted by molar-refractivity contribution is -0.142. The number of aromatic nitrogens is 1. The number of benzene rings is 2. The third-order valence-electron chi connectivity index (χ3n) is 4.90. The average molecular weight is 391 g/mol. The summed E-state index contributed by atoms with van der Waals surface area (Å²) in [5, 5.41) is 0. The van der Waals surface area contributed by atoms with Crippen molar-refractivity contribution in [3.8, 4) is 11.4 Å². The van der Waals surface area contributed by atoms with Gasteiger partial charge in [-0.25, -0.2) is 0 Å². The van der Waals surface area contributed by atoms with Gasteiger partial charge in [0.25, 0.3) is 0 Å². The van der Waals surface area contributed by atoms with Crippen molar-refractivity contribution >= 4 is 11.8 Å². The van der Waals surface area contributed by atoms with E-state index >= 15 is 0 Å². The minimum Gasteiger partial charge on any atom is -0.496 e. The summed E-state index contributed by atoms with van der Waals surface area (Å²) in [7, 11) is 1.60. The fraction of sp³-hybridized carbons (Fsp3) is 0.250. The molecule has 0 fully saturated rings. The first-order valence-electron chi connectivity index (χ1n) is 9.56. The highest BCUT2D eigenvalue weighted by Crippen LogP contribution is 2.22. The van der Waals surface area contributed by atoms with Crippen molar-refractivity contribution in [2.45, 2.75) is 26.7 Å². The molecule has 0 aliphatic heterocycles. The number of carbonyl (C=O) groups excluding carboxylic acids is 2. The Hall–Kier alpha value is -3.34. The number of ether oxygens (including phenoxy) is 2. The second kappa shape index (κ2) is 9.24. The Bertz CT molecular complexity index is 1000. The standard InChI is InChI=1S/C24H25NO4/c1-17-15-21(18(2)25(17)20-10-5-4-6-11-20)22(26)16-29-24(27)14-13-19-9-7-8-12-23(19)28-3/h4-12,15H,13-14,16H2,1-3H3. The van der Waals surface area contributed by atoms with Gasteiger partial charge < -0.3 is 14.0 Å². The summed E-state index contributed by atoms with van der Waals surface area (Å²) in [5.41, 5.74) is 4.30. The van der Waals surface area contributed by atoms with E-state index in [0.29, 0.717) is 12.0 Å². The van der Waals surface area contributed by atoms with Crippen molar-refractivity contribution in [1.29, 1.82) is 0 Å². The zero-order valence-electron chi connectivity index (χ0n) is 17.0. The van der Waals surface area contributed by atoms with E-state index in [9.17, 15) is 9.59 Å². The van der Waals surface area contributed by atoms with Crippen LogP contribution in [-0.2, 0) is 16.0 Å². The number of methoxy groups -OCH3 is 1. The van der Waals surface area contributed by atoms with E-state index in [1.54, 1.807) is 7.11 Å². The number of carbonyl (C=O) groups is 2. The fourth-order valence-electron chi connectivity index (χ4n) is 3.46. The first-order chi connectivity index (χ1) is 14.0. The van der Waals surface area contributed by atoms with Crippen LogP contribution >= 0.6 is 0 Å². The van der Waals surface area contributed by atoms with E-state index in [1.807, 2.05) is 79.1 Å². The first-order valence-corrected chi connectivity index (χ1v) is 9.56. The minimum absolute atomic E-state index is 0.191. The van der Waals surface area contributed by atoms with Gasteiger partial charge in [-0.3, -0.25) is 9.59 Å². The monoisotopic (exact) mass is 391 g/mol. The number of hydrogen-bond donors (Lipinski definition) is 0. The van der Waals surface area contributed by atoms with E-state index in [-0.39, 0.29) is 18.8 Å². The van der Waals surface area contributed by atoms with Crippen LogP contribution < -0.4 is 4.74 Å². The first kappa shape index (κ1) is 20.4. The third kappa shape index (κ3) is 4.74. The summed E-state index contributed by atoms with van der Waals surface area (Å²) in [6.07, 6.45) is 0.691. The molecule has 150 valence electrons. The number of hydrogen-bond acceptors (Lipinski definition) is 4. The van der Waals surface area contributed by atoms with E-state index in [0.717, 1.165) is 28.4 Å². The molecule has 2 aromatic carbocycles. The predicted octanol–water partition coefficient (Wildman–Crippen LogP) is 4.46. The van der Waals surface area contributed by atoms with Crippen molar-refractivity contribution in [1.82, 2.24) is 4.57 Å². The highest BCUT2D eigenvalue weighted by Gasteiger charge is 2.18. The van der Waals surface area contributed by atoms with Gasteiger partial charge in [-0.15, -0.1) is 0 Å². The summed E-state index contributed by atoms with van der Waals surface area (Å²) in [4.78, 5) is 24.7. The molecular formula is C24H25NO4. The van der Waals surface area contributed by atoms with Crippen LogP contribution in [0.25, 0.3) is 5.69 Å². The van der Waals surface area contributed by atoms with Crippen molar-refractivity contribution < 1.29 is 19.1 Å². The molecule has 0 saturated carbocycles. The topological polar surface area (TPSA) is 57.5 Å². The van der Waals surface area contributed by atoms with Crippen LogP contribution in [0.3, 0.4) is 0 Å². The Labute approximate surface area is 170 Å². The quantitative estimate of drug-likeness (QED) is 0.420. The number of nitrogens with zero attached hydrogens (tertiary/aromatic N) is 1. The lowest BCUT2D eigenvalue weighted by atomic mass is 10.1. The zero-order chi connectivity index (χ0) is 20.8. The van der Waals surface area contributed by atoms with Gasteiger partial charge in [-0.05, 0) is 50.1 Å². The van der Waals surface area contributed by atoms with Gasteiger partial charge in [0.05, 0.1) is 7.11 Å². The molecule has 3 rings (SSSR count). The minimum atomic E-state index is -0.402. The van der Waals surface area contributed by atoms with E-state index in [2.05, 4.69) is 0 Å². The van der Waals surface area contributed by atoms with Gasteiger partial charge in [-0.1, -0.05) is 36.4 Å². The van der Waals surface area contributed by atoms with Crippen LogP contribution in [0.1, 0.15) is 33.7 Å². The third-order valence-corrected chi connectivity index (χ3v) is 4.90. The molecule has 5 heteroatoms. The molecule has 1 heterocycles. The van der Waals surface area contributed by atoms with E-state index < -0.39 is 5.97 Å². The molecule has 5 nitrogen and oxygen atoms in total. The summed E-state index contributed by atoms with van der Waals surface area (Å²) in [5.74, 6) is 0.136. The predicted molar refractivity (Wildman–Crippen MR) is 112 cm³/mol. The molecule has 0 atom stereocenters. The van der Waals surface area contributed by atoms with Gasteiger partial charge >= 0.3 is 5.97 Å². The number of ketones is 1. The molecule has 0 saturated heterocycles. The molecule has 0 aliphatic rings. The van der Waals surface area contributed by atoms with Crippen molar-refractivity contribution in [3.63, 3.8) is 0 Å². The van der Waals surface area contributed by atoms with Crippen LogP contribution in [0.2, 0.25) is 0 Å². The van der Waals surface area contributed by atoms with Crippen LogP contribution in [0.15, 0.2) is 60.7 Å². The van der Waals surface area contributed by atoms with Crippen molar-refractivity contribution in [3.05, 3.63) is 83.2 Å². The summed E-state index contributed by atoms with van der Waals surface area (Å²) in [6.45, 7) is 3.59. The molecule has 0 radical (unpaired) electrons. The smallest absolute Gasteiger partial charge is 0.306 e. The van der Waals surface area contributed by atoms with E-state index in [1.165, 1.54) is 0 Å². The molecule has 0 aliphatic carbocycles. The number of aryl methyl sites for hydroxylation is 2. The molecule has 0 bridgehead atoms. The van der Waals surface area contributed by atoms with Crippen LogP contribution in [0.4, 0.5) is 0 Å². The average Bonchev–Trinajstić information content (AvgIpc) is 3.05. The molecule has 0 spiro atoms. The summed E-state index contributed by atoms with van der Waals surface area (Å²) >= 11 is 0. The second-order valence-corrected chi connectivity index (χ2v) is 6.85. The zero-order valence-corrected chi connectivity index (χ0v) is 17.0. The highest BCUT2D eigenvalue weighted by molar-refractivity contribution is 5.99. The largest absolute Gasteiger partial charge is 0.496 e. The molecule has 0 amide bonds. The maximum Gasteiger partial charge on any atom is 0.306 e. The Balaban J connectivity index is 1.60. The molecule has 1 aromatic heterocycles. The molecule has 29 heavy (non-hydrogen) atoms. The maximum atomic E-state index is 12.6. The maximum absolute atomic E-state index is 12.6. The second-order valence-electron chi connectivity index (χ2n) is 6.85. The number of rotatable bonds is 8. The van der Waals surface area contributed by atoms with Gasteiger partial charge in [0.1, 0.15) is 5.75 Å². The van der Waals surface area contributed by atoms with E-state index in [4.69, 9.17) is 9.47 Å². The highest BCUT2D eigenvalue weighted by atomic mass is 16.5. The molecular weight excluding hydrogens is 366 g/mol. The summed E-state index contributed by atoms with van der Waals surface area (Å²) in [6, 6.07) is 19.2.